The number of carboxylic acid groups (broad SMARTS) is 1. The van der Waals surface area contributed by atoms with E-state index in [1.165, 1.54) is 33.4 Å². The molecule has 0 saturated heterocycles. The zero-order valence-corrected chi connectivity index (χ0v) is 22.0. The molecule has 1 atom stereocenters. The van der Waals surface area contributed by atoms with Crippen LogP contribution in [0.1, 0.15) is 70.2 Å². The lowest BCUT2D eigenvalue weighted by molar-refractivity contribution is -0.143. The number of nitrogens with zero attached hydrogens (tertiary/aromatic N) is 1. The topological polar surface area (TPSA) is 40.5 Å². The van der Waals surface area contributed by atoms with Gasteiger partial charge in [-0.3, -0.25) is 9.69 Å². The van der Waals surface area contributed by atoms with Gasteiger partial charge in [0, 0.05) is 13.1 Å². The molecule has 0 aliphatic heterocycles. The Balaban J connectivity index is 2.31. The van der Waals surface area contributed by atoms with Gasteiger partial charge in [0.1, 0.15) is 0 Å². The first-order valence-corrected chi connectivity index (χ1v) is 12.7. The van der Waals surface area contributed by atoms with Crippen molar-refractivity contribution in [2.24, 2.45) is 11.8 Å². The molecular formula is C31H43NO2. The molecule has 0 bridgehead atoms. The number of aliphatic carboxylic acids is 1. The van der Waals surface area contributed by atoms with Gasteiger partial charge in [0.25, 0.3) is 0 Å². The standard InChI is InChI=1S/C31H43NO2/c1-7-25-14-10-11-16-28(25)20-24(6)21-32(19-18-29(23(4)5)31(33)34)22-27(9-3)30-17-13-12-15-26(30)8-2/h9-17,20,23,29H,7-8,18-19,21-22H2,1-6H3,(H,33,34)/b24-20+,27-9-. The van der Waals surface area contributed by atoms with Crippen LogP contribution in [-0.2, 0) is 17.6 Å². The molecule has 0 fully saturated rings. The number of allylic oxidation sites excluding steroid dienone is 1. The molecule has 2 aromatic rings. The Morgan fingerprint density at radius 1 is 0.971 bits per heavy atom. The highest BCUT2D eigenvalue weighted by molar-refractivity contribution is 5.70. The Hall–Kier alpha value is -2.65. The molecule has 0 aliphatic rings. The first-order chi connectivity index (χ1) is 16.3. The highest BCUT2D eigenvalue weighted by atomic mass is 16.4. The maximum atomic E-state index is 11.8. The molecule has 1 unspecified atom stereocenters. The molecule has 0 aliphatic carbocycles. The average Bonchev–Trinajstić information content (AvgIpc) is 2.82. The summed E-state index contributed by atoms with van der Waals surface area (Å²) in [4.78, 5) is 14.2. The predicted octanol–water partition coefficient (Wildman–Crippen LogP) is 7.37. The molecule has 2 aromatic carbocycles. The molecule has 3 nitrogen and oxygen atoms in total. The van der Waals surface area contributed by atoms with Crippen LogP contribution < -0.4 is 0 Å². The Bertz CT molecular complexity index is 986. The summed E-state index contributed by atoms with van der Waals surface area (Å²) in [6.07, 6.45) is 7.16. The van der Waals surface area contributed by atoms with E-state index >= 15 is 0 Å². The van der Waals surface area contributed by atoms with Crippen molar-refractivity contribution < 1.29 is 9.90 Å². The van der Waals surface area contributed by atoms with Crippen LogP contribution >= 0.6 is 0 Å². The molecule has 0 radical (unpaired) electrons. The molecule has 2 rings (SSSR count). The lowest BCUT2D eigenvalue weighted by Gasteiger charge is -2.27. The van der Waals surface area contributed by atoms with Crippen LogP contribution in [0.25, 0.3) is 11.6 Å². The minimum absolute atomic E-state index is 0.120. The zero-order valence-electron chi connectivity index (χ0n) is 22.0. The Kier molecular flexibility index (Phi) is 11.3. The van der Waals surface area contributed by atoms with Gasteiger partial charge in [-0.15, -0.1) is 0 Å². The maximum Gasteiger partial charge on any atom is 0.306 e. The first kappa shape index (κ1) is 27.6. The van der Waals surface area contributed by atoms with E-state index < -0.39 is 5.97 Å². The van der Waals surface area contributed by atoms with Crippen LogP contribution in [0.5, 0.6) is 0 Å². The SMILES string of the molecule is C/C=C(/CN(CCC(C(=O)O)C(C)C)C/C(C)=C/c1ccccc1CC)c1ccccc1CC. The number of aryl methyl sites for hydroxylation is 2. The Morgan fingerprint density at radius 2 is 1.59 bits per heavy atom. The monoisotopic (exact) mass is 461 g/mol. The van der Waals surface area contributed by atoms with Crippen LogP contribution in [0, 0.1) is 11.8 Å². The van der Waals surface area contributed by atoms with Gasteiger partial charge in [-0.1, -0.05) is 94.0 Å². The number of hydrogen-bond donors (Lipinski definition) is 1. The molecule has 0 amide bonds. The number of carboxylic acids is 1. The van der Waals surface area contributed by atoms with E-state index in [1.54, 1.807) is 0 Å². The third-order valence-electron chi connectivity index (χ3n) is 6.68. The van der Waals surface area contributed by atoms with Gasteiger partial charge in [0.2, 0.25) is 0 Å². The van der Waals surface area contributed by atoms with E-state index in [1.807, 2.05) is 13.8 Å². The molecule has 0 saturated carbocycles. The maximum absolute atomic E-state index is 11.8. The van der Waals surface area contributed by atoms with Crippen molar-refractivity contribution in [3.63, 3.8) is 0 Å². The second-order valence-electron chi connectivity index (χ2n) is 9.56. The van der Waals surface area contributed by atoms with Crippen LogP contribution in [0.3, 0.4) is 0 Å². The average molecular weight is 462 g/mol. The summed E-state index contributed by atoms with van der Waals surface area (Å²) >= 11 is 0. The van der Waals surface area contributed by atoms with Crippen molar-refractivity contribution >= 4 is 17.6 Å². The van der Waals surface area contributed by atoms with Crippen LogP contribution in [0.15, 0.2) is 60.2 Å². The number of carbonyl (C=O) groups is 1. The lowest BCUT2D eigenvalue weighted by Crippen LogP contribution is -2.32. The highest BCUT2D eigenvalue weighted by Crippen LogP contribution is 2.24. The second kappa shape index (κ2) is 13.9. The molecule has 34 heavy (non-hydrogen) atoms. The third kappa shape index (κ3) is 7.99. The van der Waals surface area contributed by atoms with Gasteiger partial charge in [0.15, 0.2) is 0 Å². The fourth-order valence-corrected chi connectivity index (χ4v) is 4.65. The molecular weight excluding hydrogens is 418 g/mol. The Morgan fingerprint density at radius 3 is 2.18 bits per heavy atom. The van der Waals surface area contributed by atoms with Gasteiger partial charge in [-0.25, -0.2) is 0 Å². The molecule has 0 spiro atoms. The van der Waals surface area contributed by atoms with E-state index in [-0.39, 0.29) is 11.8 Å². The molecule has 184 valence electrons. The van der Waals surface area contributed by atoms with Crippen molar-refractivity contribution in [1.29, 1.82) is 0 Å². The normalized spacial score (nSPS) is 13.5. The van der Waals surface area contributed by atoms with Crippen molar-refractivity contribution in [1.82, 2.24) is 4.90 Å². The van der Waals surface area contributed by atoms with Gasteiger partial charge < -0.3 is 5.11 Å². The summed E-state index contributed by atoms with van der Waals surface area (Å²) in [5.74, 6) is -0.902. The first-order valence-electron chi connectivity index (χ1n) is 12.7. The summed E-state index contributed by atoms with van der Waals surface area (Å²) < 4.78 is 0. The molecule has 1 N–H and O–H groups in total. The largest absolute Gasteiger partial charge is 0.481 e. The summed E-state index contributed by atoms with van der Waals surface area (Å²) in [7, 11) is 0. The van der Waals surface area contributed by atoms with Crippen molar-refractivity contribution in [3.8, 4) is 0 Å². The fraction of sp³-hybridized carbons (Fsp3) is 0.452. The van der Waals surface area contributed by atoms with Crippen molar-refractivity contribution in [3.05, 3.63) is 82.4 Å². The lowest BCUT2D eigenvalue weighted by atomic mass is 9.92. The number of hydrogen-bond acceptors (Lipinski definition) is 2. The summed E-state index contributed by atoms with van der Waals surface area (Å²) in [6, 6.07) is 17.2. The van der Waals surface area contributed by atoms with Gasteiger partial charge in [-0.2, -0.15) is 0 Å². The number of benzene rings is 2. The summed E-state index contributed by atoms with van der Waals surface area (Å²) in [5, 5.41) is 9.72. The minimum Gasteiger partial charge on any atom is -0.481 e. The molecule has 3 heteroatoms. The smallest absolute Gasteiger partial charge is 0.306 e. The van der Waals surface area contributed by atoms with Crippen molar-refractivity contribution in [2.45, 2.75) is 60.8 Å². The highest BCUT2D eigenvalue weighted by Gasteiger charge is 2.23. The van der Waals surface area contributed by atoms with Gasteiger partial charge >= 0.3 is 5.97 Å². The number of rotatable bonds is 13. The van der Waals surface area contributed by atoms with Gasteiger partial charge in [0.05, 0.1) is 5.92 Å². The Labute approximate surface area is 207 Å². The summed E-state index contributed by atoms with van der Waals surface area (Å²) in [6.45, 7) is 15.1. The molecule has 0 heterocycles. The van der Waals surface area contributed by atoms with E-state index in [0.717, 1.165) is 32.5 Å². The van der Waals surface area contributed by atoms with Crippen molar-refractivity contribution in [2.75, 3.05) is 19.6 Å². The van der Waals surface area contributed by atoms with Crippen LogP contribution in [0.2, 0.25) is 0 Å². The van der Waals surface area contributed by atoms with Crippen LogP contribution in [0.4, 0.5) is 0 Å². The quantitative estimate of drug-likeness (QED) is 0.338. The predicted molar refractivity (Wildman–Crippen MR) is 146 cm³/mol. The third-order valence-corrected chi connectivity index (χ3v) is 6.68. The van der Waals surface area contributed by atoms with E-state index in [9.17, 15) is 9.90 Å². The van der Waals surface area contributed by atoms with E-state index in [0.29, 0.717) is 6.42 Å². The molecule has 0 aromatic heterocycles. The van der Waals surface area contributed by atoms with E-state index in [4.69, 9.17) is 0 Å². The van der Waals surface area contributed by atoms with Gasteiger partial charge in [-0.05, 0) is 73.4 Å². The summed E-state index contributed by atoms with van der Waals surface area (Å²) in [5.41, 5.74) is 7.87. The second-order valence-corrected chi connectivity index (χ2v) is 9.56. The zero-order chi connectivity index (χ0) is 25.1. The minimum atomic E-state index is -0.693. The van der Waals surface area contributed by atoms with Crippen LogP contribution in [-0.4, -0.2) is 35.6 Å². The fourth-order valence-electron chi connectivity index (χ4n) is 4.65. The van der Waals surface area contributed by atoms with E-state index in [2.05, 4.69) is 93.3 Å².